The van der Waals surface area contributed by atoms with Gasteiger partial charge in [0.25, 0.3) is 0 Å². The molecule has 0 aromatic carbocycles. The summed E-state index contributed by atoms with van der Waals surface area (Å²) in [6.45, 7) is 0. The Bertz CT molecular complexity index is 11.6. The molecule has 0 unspecified atom stereocenters. The molecule has 24 valence electrons. The summed E-state index contributed by atoms with van der Waals surface area (Å²) in [4.78, 5) is 0. The first-order valence-electron chi connectivity index (χ1n) is 1.82. The molecule has 1 aliphatic carbocycles. The van der Waals surface area contributed by atoms with E-state index < -0.39 is 0 Å². The Morgan fingerprint density at radius 2 is 1.40 bits per heavy atom. The zero-order chi connectivity index (χ0) is 2.83. The van der Waals surface area contributed by atoms with Gasteiger partial charge in [0.1, 0.15) is 0 Å². The van der Waals surface area contributed by atoms with E-state index in [9.17, 15) is 0 Å². The second kappa shape index (κ2) is 2.84. The first-order valence-corrected chi connectivity index (χ1v) is 1.82. The van der Waals surface area contributed by atoms with E-state index in [1.54, 1.807) is 0 Å². The van der Waals surface area contributed by atoms with Crippen LogP contribution in [0.5, 0.6) is 0 Å². The topological polar surface area (TPSA) is 0 Å². The van der Waals surface area contributed by atoms with Crippen molar-refractivity contribution < 1.29 is 19.5 Å². The first kappa shape index (κ1) is 5.62. The van der Waals surface area contributed by atoms with Crippen LogP contribution in [0.15, 0.2) is 0 Å². The molecule has 0 saturated heterocycles. The van der Waals surface area contributed by atoms with E-state index in [1.807, 2.05) is 0 Å². The van der Waals surface area contributed by atoms with Crippen LogP contribution in [0.2, 0.25) is 0 Å². The minimum absolute atomic E-state index is 0. The second-order valence-corrected chi connectivity index (χ2v) is 1.22. The predicted octanol–water partition coefficient (Wildman–Crippen LogP) is 1.37. The van der Waals surface area contributed by atoms with Crippen molar-refractivity contribution >= 4 is 0 Å². The SMILES string of the molecule is [CH-]1CCC1.[Zn+2]. The third-order valence-corrected chi connectivity index (χ3v) is 0.816. The minimum atomic E-state index is 0. The van der Waals surface area contributed by atoms with Gasteiger partial charge in [-0.25, -0.2) is 0 Å². The van der Waals surface area contributed by atoms with Crippen LogP contribution in [0.3, 0.4) is 0 Å². The molecule has 0 aromatic rings. The molecule has 1 fully saturated rings. The summed E-state index contributed by atoms with van der Waals surface area (Å²) >= 11 is 0. The molecule has 0 radical (unpaired) electrons. The summed E-state index contributed by atoms with van der Waals surface area (Å²) < 4.78 is 0. The molecule has 0 bridgehead atoms. The molecule has 0 amide bonds. The monoisotopic (exact) mass is 119 g/mol. The van der Waals surface area contributed by atoms with Gasteiger partial charge in [-0.1, -0.05) is 0 Å². The smallest absolute Gasteiger partial charge is 0.329 e. The van der Waals surface area contributed by atoms with Gasteiger partial charge in [-0.3, -0.25) is 0 Å². The Morgan fingerprint density at radius 1 is 1.20 bits per heavy atom. The third-order valence-electron chi connectivity index (χ3n) is 0.816. The van der Waals surface area contributed by atoms with E-state index in [-0.39, 0.29) is 19.5 Å². The summed E-state index contributed by atoms with van der Waals surface area (Å²) in [5.41, 5.74) is 0. The predicted molar refractivity (Wildman–Crippen MR) is 18.2 cm³/mol. The molecule has 5 heavy (non-hydrogen) atoms. The van der Waals surface area contributed by atoms with Crippen molar-refractivity contribution in [2.45, 2.75) is 19.3 Å². The van der Waals surface area contributed by atoms with Crippen molar-refractivity contribution in [3.63, 3.8) is 0 Å². The van der Waals surface area contributed by atoms with Gasteiger partial charge in [0.15, 0.2) is 0 Å². The van der Waals surface area contributed by atoms with Crippen LogP contribution in [0.1, 0.15) is 19.3 Å². The number of hydrogen-bond acceptors (Lipinski definition) is 0. The van der Waals surface area contributed by atoms with E-state index in [4.69, 9.17) is 0 Å². The second-order valence-electron chi connectivity index (χ2n) is 1.22. The van der Waals surface area contributed by atoms with Gasteiger partial charge in [-0.15, -0.1) is 6.42 Å². The molecule has 0 aromatic heterocycles. The van der Waals surface area contributed by atoms with Gasteiger partial charge in [0, 0.05) is 0 Å². The molecule has 1 heteroatoms. The average molecular weight is 120 g/mol. The Morgan fingerprint density at radius 3 is 1.40 bits per heavy atom. The van der Waals surface area contributed by atoms with E-state index in [1.165, 1.54) is 19.3 Å². The number of hydrogen-bond donors (Lipinski definition) is 0. The van der Waals surface area contributed by atoms with Crippen molar-refractivity contribution in [2.24, 2.45) is 0 Å². The van der Waals surface area contributed by atoms with Crippen molar-refractivity contribution in [1.29, 1.82) is 0 Å². The molecule has 1 aliphatic rings. The molecule has 0 heterocycles. The Balaban J connectivity index is 0.000000160. The summed E-state index contributed by atoms with van der Waals surface area (Å²) in [5, 5.41) is 0. The van der Waals surface area contributed by atoms with E-state index >= 15 is 0 Å². The Labute approximate surface area is 45.7 Å². The van der Waals surface area contributed by atoms with E-state index in [2.05, 4.69) is 6.42 Å². The molecule has 0 aliphatic heterocycles. The maximum Gasteiger partial charge on any atom is 2.00 e. The fraction of sp³-hybridized carbons (Fsp3) is 0.750. The van der Waals surface area contributed by atoms with Gasteiger partial charge < -0.3 is 6.42 Å². The zero-order valence-corrected chi connectivity index (χ0v) is 6.37. The van der Waals surface area contributed by atoms with Gasteiger partial charge in [0.2, 0.25) is 0 Å². The van der Waals surface area contributed by atoms with E-state index in [0.29, 0.717) is 0 Å². The standard InChI is InChI=1S/C4H7.Zn/c1-2-4-3-1;/h1H,2-4H2;/q-1;+2. The van der Waals surface area contributed by atoms with Crippen molar-refractivity contribution in [3.8, 4) is 0 Å². The molecular weight excluding hydrogens is 113 g/mol. The zero-order valence-electron chi connectivity index (χ0n) is 3.41. The maximum absolute atomic E-state index is 2.31. The minimum Gasteiger partial charge on any atom is -0.329 e. The van der Waals surface area contributed by atoms with Crippen LogP contribution < -0.4 is 0 Å². The van der Waals surface area contributed by atoms with Crippen molar-refractivity contribution in [3.05, 3.63) is 6.42 Å². The fourth-order valence-corrected chi connectivity index (χ4v) is 0.204. The normalized spacial score (nSPS) is 19.2. The van der Waals surface area contributed by atoms with Crippen LogP contribution >= 0.6 is 0 Å². The van der Waals surface area contributed by atoms with Gasteiger partial charge in [-0.2, -0.15) is 12.8 Å². The van der Waals surface area contributed by atoms with Gasteiger partial charge >= 0.3 is 19.5 Å². The summed E-state index contributed by atoms with van der Waals surface area (Å²) in [6, 6.07) is 0. The molecular formula is C4H7Zn+. The summed E-state index contributed by atoms with van der Waals surface area (Å²) in [7, 11) is 0. The molecule has 0 atom stereocenters. The van der Waals surface area contributed by atoms with Gasteiger partial charge in [-0.05, 0) is 0 Å². The summed E-state index contributed by atoms with van der Waals surface area (Å²) in [5.74, 6) is 0. The molecule has 1 rings (SSSR count). The van der Waals surface area contributed by atoms with Crippen molar-refractivity contribution in [2.75, 3.05) is 0 Å². The van der Waals surface area contributed by atoms with E-state index in [0.717, 1.165) is 0 Å². The van der Waals surface area contributed by atoms with Crippen molar-refractivity contribution in [1.82, 2.24) is 0 Å². The molecule has 0 N–H and O–H groups in total. The summed E-state index contributed by atoms with van der Waals surface area (Å²) in [6.07, 6.45) is 6.50. The molecule has 1 saturated carbocycles. The van der Waals surface area contributed by atoms with Crippen LogP contribution in [-0.2, 0) is 19.5 Å². The number of rotatable bonds is 0. The van der Waals surface area contributed by atoms with Crippen LogP contribution in [0.4, 0.5) is 0 Å². The van der Waals surface area contributed by atoms with Crippen LogP contribution in [0.25, 0.3) is 0 Å². The third kappa shape index (κ3) is 1.49. The fourth-order valence-electron chi connectivity index (χ4n) is 0.204. The maximum atomic E-state index is 2.31. The first-order chi connectivity index (χ1) is 2.00. The van der Waals surface area contributed by atoms with Gasteiger partial charge in [0.05, 0.1) is 0 Å². The largest absolute Gasteiger partial charge is 2.00 e. The Kier molecular flexibility index (Phi) is 3.19. The van der Waals surface area contributed by atoms with Crippen LogP contribution in [-0.4, -0.2) is 0 Å². The quantitative estimate of drug-likeness (QED) is 0.335. The Hall–Kier alpha value is 0.623. The molecule has 0 spiro atoms. The average Bonchev–Trinajstić information content (AvgIpc) is 0.722. The van der Waals surface area contributed by atoms with Crippen LogP contribution in [0, 0.1) is 6.42 Å². The molecule has 0 nitrogen and oxygen atoms in total.